The molecule has 0 fully saturated rings. The molecule has 0 amide bonds. The first-order chi connectivity index (χ1) is 16.3. The molecule has 35 heavy (non-hydrogen) atoms. The van der Waals surface area contributed by atoms with Gasteiger partial charge in [0.1, 0.15) is 0 Å². The number of aliphatic carboxylic acids is 1. The fraction of sp³-hybridized carbons (Fsp3) is 0.346. The maximum Gasteiger partial charge on any atom is 0.331 e. The van der Waals surface area contributed by atoms with Crippen molar-refractivity contribution < 1.29 is 9.90 Å². The van der Waals surface area contributed by atoms with E-state index in [0.29, 0.717) is 36.2 Å². The third kappa shape index (κ3) is 5.77. The Morgan fingerprint density at radius 3 is 2.51 bits per heavy atom. The fourth-order valence-corrected chi connectivity index (χ4v) is 5.39. The number of nitrogens with zero attached hydrogens (tertiary/aromatic N) is 3. The number of thioether (sulfide) groups is 1. The Morgan fingerprint density at radius 1 is 1.09 bits per heavy atom. The van der Waals surface area contributed by atoms with Gasteiger partial charge in [-0.2, -0.15) is 0 Å². The van der Waals surface area contributed by atoms with Crippen LogP contribution in [0.5, 0.6) is 0 Å². The molecule has 2 aromatic carbocycles. The first-order valence-corrected chi connectivity index (χ1v) is 12.4. The molecule has 0 saturated heterocycles. The smallest absolute Gasteiger partial charge is 0.331 e. The molecule has 7 nitrogen and oxygen atoms in total. The van der Waals surface area contributed by atoms with E-state index >= 15 is 0 Å². The van der Waals surface area contributed by atoms with E-state index in [1.165, 1.54) is 23.4 Å². The van der Waals surface area contributed by atoms with Gasteiger partial charge in [-0.1, -0.05) is 56.3 Å². The molecule has 0 unspecified atom stereocenters. The van der Waals surface area contributed by atoms with E-state index < -0.39 is 5.97 Å². The van der Waals surface area contributed by atoms with Crippen LogP contribution in [0.4, 0.5) is 0 Å². The number of carboxylic acid groups (broad SMARTS) is 1. The molecule has 9 heteroatoms. The van der Waals surface area contributed by atoms with Crippen molar-refractivity contribution >= 4 is 69.0 Å². The minimum Gasteiger partial charge on any atom is -0.481 e. The van der Waals surface area contributed by atoms with Crippen molar-refractivity contribution in [3.8, 4) is 0 Å². The average Bonchev–Trinajstić information content (AvgIpc) is 3.16. The van der Waals surface area contributed by atoms with Gasteiger partial charge in [-0.05, 0) is 28.7 Å². The molecule has 0 aliphatic heterocycles. The van der Waals surface area contributed by atoms with Crippen LogP contribution in [0.3, 0.4) is 0 Å². The van der Waals surface area contributed by atoms with Crippen LogP contribution in [-0.4, -0.2) is 60.1 Å². The van der Waals surface area contributed by atoms with Gasteiger partial charge in [0, 0.05) is 68.1 Å². The summed E-state index contributed by atoms with van der Waals surface area (Å²) >= 11 is 1.48. The topological polar surface area (TPSA) is 86.2 Å². The number of hydrogen-bond acceptors (Lipinski definition) is 4. The van der Waals surface area contributed by atoms with Gasteiger partial charge < -0.3 is 9.67 Å². The van der Waals surface area contributed by atoms with E-state index in [1.54, 1.807) is 4.57 Å². The van der Waals surface area contributed by atoms with Gasteiger partial charge in [0.15, 0.2) is 0 Å². The molecule has 4 aromatic rings. The minimum absolute atomic E-state index is 0. The van der Waals surface area contributed by atoms with Crippen molar-refractivity contribution in [3.05, 3.63) is 75.1 Å². The van der Waals surface area contributed by atoms with Crippen LogP contribution >= 0.6 is 11.8 Å². The minimum atomic E-state index is -0.835. The van der Waals surface area contributed by atoms with Crippen molar-refractivity contribution in [3.63, 3.8) is 0 Å². The van der Waals surface area contributed by atoms with Crippen LogP contribution in [0.25, 0.3) is 21.7 Å². The monoisotopic (exact) mass is 502 g/mol. The number of carboxylic acids is 1. The van der Waals surface area contributed by atoms with Crippen molar-refractivity contribution in [2.75, 3.05) is 5.75 Å². The summed E-state index contributed by atoms with van der Waals surface area (Å²) in [6, 6.07) is 14.3. The summed E-state index contributed by atoms with van der Waals surface area (Å²) in [4.78, 5) is 37.2. The fourth-order valence-electron chi connectivity index (χ4n) is 4.29. The summed E-state index contributed by atoms with van der Waals surface area (Å²) in [6.45, 7) is 5.12. The van der Waals surface area contributed by atoms with E-state index in [9.17, 15) is 14.4 Å². The molecule has 1 N–H and O–H groups in total. The molecule has 4 rings (SSSR count). The van der Waals surface area contributed by atoms with Crippen molar-refractivity contribution in [2.24, 2.45) is 13.0 Å². The summed E-state index contributed by atoms with van der Waals surface area (Å²) in [7, 11) is 1.52. The van der Waals surface area contributed by atoms with Gasteiger partial charge in [0.25, 0.3) is 5.56 Å². The second kappa shape index (κ2) is 11.6. The number of rotatable bonds is 9. The first-order valence-electron chi connectivity index (χ1n) is 11.4. The molecule has 0 spiro atoms. The second-order valence-electron chi connectivity index (χ2n) is 8.96. The van der Waals surface area contributed by atoms with E-state index in [-0.39, 0.29) is 53.1 Å². The maximum absolute atomic E-state index is 13.3. The van der Waals surface area contributed by atoms with E-state index in [1.807, 2.05) is 42.8 Å². The van der Waals surface area contributed by atoms with Crippen LogP contribution in [0.1, 0.15) is 32.3 Å². The van der Waals surface area contributed by atoms with Gasteiger partial charge in [0.05, 0.1) is 15.9 Å². The summed E-state index contributed by atoms with van der Waals surface area (Å²) in [5.41, 5.74) is 1.09. The zero-order valence-electron chi connectivity index (χ0n) is 20.7. The molecule has 0 atom stereocenters. The zero-order chi connectivity index (χ0) is 24.4. The normalized spacial score (nSPS) is 11.3. The number of aromatic nitrogens is 3. The Hall–Kier alpha value is -2.26. The molecule has 0 aliphatic carbocycles. The molecular formula is C26H29N3NaO4S. The van der Waals surface area contributed by atoms with E-state index in [2.05, 4.69) is 24.3 Å². The molecule has 179 valence electrons. The predicted octanol–water partition coefficient (Wildman–Crippen LogP) is 3.94. The van der Waals surface area contributed by atoms with Gasteiger partial charge in [-0.15, -0.1) is 11.8 Å². The maximum atomic E-state index is 13.3. The third-order valence-electron chi connectivity index (χ3n) is 5.88. The largest absolute Gasteiger partial charge is 0.481 e. The molecule has 1 radical (unpaired) electrons. The van der Waals surface area contributed by atoms with Crippen molar-refractivity contribution in [2.45, 2.75) is 44.8 Å². The van der Waals surface area contributed by atoms with Crippen LogP contribution in [-0.2, 0) is 24.9 Å². The number of benzene rings is 2. The average molecular weight is 503 g/mol. The summed E-state index contributed by atoms with van der Waals surface area (Å²) in [5, 5.41) is 12.6. The molecule has 0 aliphatic rings. The number of hydrogen-bond donors (Lipinski definition) is 1. The third-order valence-corrected chi connectivity index (χ3v) is 7.08. The van der Waals surface area contributed by atoms with Crippen molar-refractivity contribution in [1.82, 2.24) is 13.7 Å². The second-order valence-corrected chi connectivity index (χ2v) is 10.0. The van der Waals surface area contributed by atoms with E-state index in [0.717, 1.165) is 21.4 Å². The van der Waals surface area contributed by atoms with Crippen LogP contribution in [0.15, 0.2) is 63.3 Å². The van der Waals surface area contributed by atoms with Gasteiger partial charge in [-0.3, -0.25) is 18.7 Å². The predicted molar refractivity (Wildman–Crippen MR) is 143 cm³/mol. The summed E-state index contributed by atoms with van der Waals surface area (Å²) in [5.74, 6) is -0.0438. The molecule has 0 bridgehead atoms. The first kappa shape index (κ1) is 27.3. The Balaban J connectivity index is 0.00000342. The van der Waals surface area contributed by atoms with Crippen LogP contribution in [0, 0.1) is 5.92 Å². The summed E-state index contributed by atoms with van der Waals surface area (Å²) < 4.78 is 4.89. The van der Waals surface area contributed by atoms with E-state index in [4.69, 9.17) is 5.11 Å². The zero-order valence-corrected chi connectivity index (χ0v) is 23.5. The number of carbonyl (C=O) groups is 1. The summed E-state index contributed by atoms with van der Waals surface area (Å²) in [6.07, 6.45) is 2.47. The van der Waals surface area contributed by atoms with Gasteiger partial charge >= 0.3 is 11.7 Å². The van der Waals surface area contributed by atoms with Crippen LogP contribution < -0.4 is 11.2 Å². The Kier molecular flexibility index (Phi) is 9.10. The van der Waals surface area contributed by atoms with Gasteiger partial charge in [0.2, 0.25) is 0 Å². The van der Waals surface area contributed by atoms with Gasteiger partial charge in [-0.25, -0.2) is 4.79 Å². The Morgan fingerprint density at radius 2 is 1.80 bits per heavy atom. The quantitative estimate of drug-likeness (QED) is 0.213. The van der Waals surface area contributed by atoms with Crippen LogP contribution in [0.2, 0.25) is 0 Å². The van der Waals surface area contributed by atoms with Crippen molar-refractivity contribution in [1.29, 1.82) is 0 Å². The molecule has 2 heterocycles. The molecule has 2 aromatic heterocycles. The molecule has 0 saturated carbocycles. The Bertz CT molecular complexity index is 1480. The SMILES string of the molecule is CC(C)Cn1c(=O)n(C)c(=O)c2c(SCCCC(=O)O)n(Cc3cccc4ccccc34)cc21.[Na]. The Labute approximate surface area is 230 Å². The standard InChI is InChI=1S/C26H29N3O4S.Na/c1-17(2)14-29-21-16-28(15-19-10-6-9-18-8-4-5-11-20(18)19)25(34-13-7-12-22(30)31)23(21)24(32)27(3)26(29)33;/h4-6,8-11,16-17H,7,12-15H2,1-3H3,(H,30,31);. The number of fused-ring (bicyclic) bond motifs is 2. The molecular weight excluding hydrogens is 473 g/mol.